The van der Waals surface area contributed by atoms with Crippen LogP contribution in [0.5, 0.6) is 0 Å². The number of amides is 2. The van der Waals surface area contributed by atoms with E-state index in [1.165, 1.54) is 32.2 Å². The van der Waals surface area contributed by atoms with Crippen molar-refractivity contribution < 1.29 is 14.4 Å². The summed E-state index contributed by atoms with van der Waals surface area (Å²) in [6.45, 7) is 11.3. The summed E-state index contributed by atoms with van der Waals surface area (Å²) in [4.78, 5) is 40.3. The molecule has 0 aliphatic carbocycles. The summed E-state index contributed by atoms with van der Waals surface area (Å²) in [5.41, 5.74) is 13.5. The van der Waals surface area contributed by atoms with E-state index in [1.807, 2.05) is 58.0 Å². The molecule has 0 fully saturated rings. The topological polar surface area (TPSA) is 110 Å². The Hall–Kier alpha value is -3.81. The minimum atomic E-state index is -0.694. The molecule has 0 aromatic heterocycles. The van der Waals surface area contributed by atoms with Gasteiger partial charge in [0.15, 0.2) is 5.78 Å². The van der Waals surface area contributed by atoms with Gasteiger partial charge in [0.25, 0.3) is 0 Å². The zero-order valence-corrected chi connectivity index (χ0v) is 26.6. The predicted octanol–water partition coefficient (Wildman–Crippen LogP) is 5.29. The van der Waals surface area contributed by atoms with Crippen molar-refractivity contribution in [1.82, 2.24) is 9.80 Å². The number of Topliss-reactive ketones (excluding diaryl/α,β-unsaturated/α-hetero) is 1. The molecule has 7 heteroatoms. The highest BCUT2D eigenvalue weighted by Crippen LogP contribution is 2.14. The first-order valence-corrected chi connectivity index (χ1v) is 14.5. The molecule has 3 aromatic rings. The van der Waals surface area contributed by atoms with E-state index >= 15 is 0 Å². The highest BCUT2D eigenvalue weighted by Gasteiger charge is 2.29. The van der Waals surface area contributed by atoms with Crippen LogP contribution in [-0.2, 0) is 20.8 Å². The molecule has 0 radical (unpaired) electrons. The Balaban J connectivity index is 0.000000555. The molecule has 0 heterocycles. The van der Waals surface area contributed by atoms with Crippen molar-refractivity contribution in [3.63, 3.8) is 0 Å². The highest BCUT2D eigenvalue weighted by atomic mass is 16.2. The maximum absolute atomic E-state index is 12.7. The average Bonchev–Trinajstić information content (AvgIpc) is 2.96. The molecular formula is C35H50N4O3. The summed E-state index contributed by atoms with van der Waals surface area (Å²) in [6, 6.07) is 23.0. The fourth-order valence-corrected chi connectivity index (χ4v) is 4.03. The number of nitrogens with zero attached hydrogens (tertiary/aromatic N) is 2. The molecule has 7 nitrogen and oxygen atoms in total. The lowest BCUT2D eigenvalue weighted by Gasteiger charge is -2.30. The molecule has 0 aliphatic heterocycles. The molecule has 2 atom stereocenters. The van der Waals surface area contributed by atoms with E-state index in [1.54, 1.807) is 27.1 Å². The number of hydrogen-bond donors (Lipinski definition) is 2. The summed E-state index contributed by atoms with van der Waals surface area (Å²) >= 11 is 0. The average molecular weight is 575 g/mol. The van der Waals surface area contributed by atoms with Crippen molar-refractivity contribution in [2.75, 3.05) is 20.6 Å². The molecule has 4 N–H and O–H groups in total. The molecule has 2 amide bonds. The van der Waals surface area contributed by atoms with Gasteiger partial charge in [-0.3, -0.25) is 14.4 Å². The van der Waals surface area contributed by atoms with Crippen molar-refractivity contribution in [3.05, 3.63) is 96.1 Å². The minimum Gasteiger partial charge on any atom is -0.334 e. The van der Waals surface area contributed by atoms with Crippen LogP contribution in [0.4, 0.5) is 0 Å². The van der Waals surface area contributed by atoms with Crippen LogP contribution in [0.1, 0.15) is 52.2 Å². The molecular weight excluding hydrogens is 524 g/mol. The van der Waals surface area contributed by atoms with Crippen LogP contribution in [0.15, 0.2) is 84.9 Å². The second-order valence-electron chi connectivity index (χ2n) is 11.0. The van der Waals surface area contributed by atoms with Gasteiger partial charge in [-0.1, -0.05) is 98.3 Å². The van der Waals surface area contributed by atoms with Gasteiger partial charge in [-0.05, 0) is 56.5 Å². The maximum Gasteiger partial charge on any atom is 0.246 e. The standard InChI is InChI=1S/C22H34N4O3.C11H10.C2H6/c1-16(23)21(29)18(14-17-10-7-6-8-11-17)26(5)20(28)15-25(4)19(27)12-9-13-22(2,3)24;1-9-6-7-10-4-2-3-5-11(10)8-9;1-2/h6-12,16,18H,13-15,23-24H2,1-5H3;2-8H,1H3;1-2H3/b12-9+;;. The van der Waals surface area contributed by atoms with E-state index in [0.29, 0.717) is 12.8 Å². The number of benzene rings is 3. The first kappa shape index (κ1) is 36.2. The van der Waals surface area contributed by atoms with Gasteiger partial charge in [0, 0.05) is 26.1 Å². The van der Waals surface area contributed by atoms with Gasteiger partial charge in [-0.25, -0.2) is 0 Å². The lowest BCUT2D eigenvalue weighted by atomic mass is 9.97. The molecule has 0 aliphatic rings. The molecule has 2 unspecified atom stereocenters. The van der Waals surface area contributed by atoms with Crippen LogP contribution in [0.3, 0.4) is 0 Å². The molecule has 228 valence electrons. The number of carbonyl (C=O) groups excluding carboxylic acids is 3. The van der Waals surface area contributed by atoms with Crippen LogP contribution >= 0.6 is 0 Å². The zero-order chi connectivity index (χ0) is 31.9. The van der Waals surface area contributed by atoms with E-state index < -0.39 is 17.6 Å². The lowest BCUT2D eigenvalue weighted by molar-refractivity contribution is -0.141. The fraction of sp³-hybridized carbons (Fsp3) is 0.400. The molecule has 3 rings (SSSR count). The summed E-state index contributed by atoms with van der Waals surface area (Å²) in [5, 5.41) is 2.64. The fourth-order valence-electron chi connectivity index (χ4n) is 4.03. The maximum atomic E-state index is 12.7. The molecule has 0 saturated carbocycles. The Labute approximate surface area is 252 Å². The molecule has 0 saturated heterocycles. The number of aryl methyl sites for hydroxylation is 1. The Morgan fingerprint density at radius 2 is 1.48 bits per heavy atom. The van der Waals surface area contributed by atoms with Gasteiger partial charge >= 0.3 is 0 Å². The van der Waals surface area contributed by atoms with Crippen molar-refractivity contribution in [3.8, 4) is 0 Å². The van der Waals surface area contributed by atoms with Gasteiger partial charge in [-0.2, -0.15) is 0 Å². The number of fused-ring (bicyclic) bond motifs is 1. The van der Waals surface area contributed by atoms with Crippen LogP contribution in [0.25, 0.3) is 10.8 Å². The minimum absolute atomic E-state index is 0.136. The molecule has 0 bridgehead atoms. The zero-order valence-electron chi connectivity index (χ0n) is 26.6. The van der Waals surface area contributed by atoms with Crippen molar-refractivity contribution >= 4 is 28.4 Å². The van der Waals surface area contributed by atoms with Gasteiger partial charge in [0.1, 0.15) is 0 Å². The van der Waals surface area contributed by atoms with Crippen molar-refractivity contribution in [1.29, 1.82) is 0 Å². The monoisotopic (exact) mass is 574 g/mol. The van der Waals surface area contributed by atoms with Crippen LogP contribution in [0.2, 0.25) is 0 Å². The Morgan fingerprint density at radius 1 is 0.905 bits per heavy atom. The van der Waals surface area contributed by atoms with Crippen LogP contribution < -0.4 is 11.5 Å². The quantitative estimate of drug-likeness (QED) is 0.320. The molecule has 0 spiro atoms. The van der Waals surface area contributed by atoms with Gasteiger partial charge in [0.05, 0.1) is 18.6 Å². The third kappa shape index (κ3) is 12.8. The van der Waals surface area contributed by atoms with Crippen LogP contribution in [0, 0.1) is 6.92 Å². The summed E-state index contributed by atoms with van der Waals surface area (Å²) in [6.07, 6.45) is 4.02. The Morgan fingerprint density at radius 3 is 2.05 bits per heavy atom. The Bertz CT molecular complexity index is 1300. The highest BCUT2D eigenvalue weighted by molar-refractivity contribution is 5.95. The van der Waals surface area contributed by atoms with Crippen molar-refractivity contribution in [2.24, 2.45) is 11.5 Å². The van der Waals surface area contributed by atoms with E-state index in [2.05, 4.69) is 49.4 Å². The number of nitrogens with two attached hydrogens (primary N) is 2. The number of rotatable bonds is 10. The van der Waals surface area contributed by atoms with E-state index in [-0.39, 0.29) is 24.1 Å². The second-order valence-corrected chi connectivity index (χ2v) is 11.0. The largest absolute Gasteiger partial charge is 0.334 e. The normalized spacial score (nSPS) is 12.3. The molecule has 3 aromatic carbocycles. The third-order valence-corrected chi connectivity index (χ3v) is 6.47. The van der Waals surface area contributed by atoms with Gasteiger partial charge < -0.3 is 21.3 Å². The number of hydrogen-bond acceptors (Lipinski definition) is 5. The number of ketones is 1. The first-order chi connectivity index (χ1) is 19.8. The van der Waals surface area contributed by atoms with Crippen molar-refractivity contribution in [2.45, 2.75) is 72.0 Å². The third-order valence-electron chi connectivity index (χ3n) is 6.47. The van der Waals surface area contributed by atoms with E-state index in [0.717, 1.165) is 5.56 Å². The first-order valence-electron chi connectivity index (χ1n) is 14.5. The smallest absolute Gasteiger partial charge is 0.246 e. The van der Waals surface area contributed by atoms with E-state index in [9.17, 15) is 14.4 Å². The van der Waals surface area contributed by atoms with E-state index in [4.69, 9.17) is 11.5 Å². The summed E-state index contributed by atoms with van der Waals surface area (Å²) in [7, 11) is 3.12. The number of carbonyl (C=O) groups is 3. The van der Waals surface area contributed by atoms with Gasteiger partial charge in [0.2, 0.25) is 11.8 Å². The predicted molar refractivity (Wildman–Crippen MR) is 175 cm³/mol. The number of likely N-dealkylation sites (N-methyl/N-ethyl adjacent to an activating group) is 2. The molecule has 42 heavy (non-hydrogen) atoms. The SMILES string of the molecule is CC.CC(N)C(=O)C(Cc1ccccc1)N(C)C(=O)CN(C)C(=O)/C=C/CC(C)(C)N.Cc1ccc2ccccc2c1. The van der Waals surface area contributed by atoms with Crippen LogP contribution in [-0.4, -0.2) is 65.7 Å². The van der Waals surface area contributed by atoms with Gasteiger partial charge in [-0.15, -0.1) is 0 Å². The summed E-state index contributed by atoms with van der Waals surface area (Å²) in [5.74, 6) is -0.846. The second kappa shape index (κ2) is 17.9. The Kier molecular flexibility index (Phi) is 15.4. The summed E-state index contributed by atoms with van der Waals surface area (Å²) < 4.78 is 0. The lowest BCUT2D eigenvalue weighted by Crippen LogP contribution is -2.51.